The number of hydrogen-bond acceptors (Lipinski definition) is 3. The molecule has 0 unspecified atom stereocenters. The van der Waals surface area contributed by atoms with Crippen LogP contribution in [-0.2, 0) is 6.54 Å². The second-order valence-electron chi connectivity index (χ2n) is 4.62. The van der Waals surface area contributed by atoms with E-state index >= 15 is 0 Å². The predicted molar refractivity (Wildman–Crippen MR) is 75.8 cm³/mol. The van der Waals surface area contributed by atoms with E-state index in [9.17, 15) is 0 Å². The average molecular weight is 309 g/mol. The second kappa shape index (κ2) is 5.63. The summed E-state index contributed by atoms with van der Waals surface area (Å²) in [7, 11) is 0. The van der Waals surface area contributed by atoms with E-state index in [1.165, 1.54) is 0 Å². The second-order valence-corrected chi connectivity index (χ2v) is 5.54. The van der Waals surface area contributed by atoms with Crippen molar-refractivity contribution < 1.29 is 0 Å². The van der Waals surface area contributed by atoms with Gasteiger partial charge in [-0.3, -0.25) is 0 Å². The Morgan fingerprint density at radius 1 is 1.39 bits per heavy atom. The van der Waals surface area contributed by atoms with Crippen molar-refractivity contribution in [3.8, 4) is 5.69 Å². The third kappa shape index (κ3) is 3.17. The quantitative estimate of drug-likeness (QED) is 0.944. The molecular formula is C13H17BrN4. The molecule has 0 aliphatic heterocycles. The number of rotatable bonds is 4. The summed E-state index contributed by atoms with van der Waals surface area (Å²) in [5.41, 5.74) is 3.17. The Morgan fingerprint density at radius 2 is 2.17 bits per heavy atom. The smallest absolute Gasteiger partial charge is 0.0969 e. The van der Waals surface area contributed by atoms with Crippen LogP contribution in [0, 0.1) is 6.92 Å². The number of aryl methyl sites for hydroxylation is 1. The Balaban J connectivity index is 2.18. The monoisotopic (exact) mass is 308 g/mol. The highest BCUT2D eigenvalue weighted by atomic mass is 79.9. The molecule has 0 saturated heterocycles. The molecule has 1 N–H and O–H groups in total. The van der Waals surface area contributed by atoms with E-state index in [0.29, 0.717) is 6.04 Å². The number of aromatic nitrogens is 3. The third-order valence-electron chi connectivity index (χ3n) is 2.64. The summed E-state index contributed by atoms with van der Waals surface area (Å²) in [6.07, 6.45) is 1.96. The van der Waals surface area contributed by atoms with Gasteiger partial charge in [0, 0.05) is 17.1 Å². The lowest BCUT2D eigenvalue weighted by atomic mass is 10.2. The zero-order valence-electron chi connectivity index (χ0n) is 10.8. The van der Waals surface area contributed by atoms with Crippen molar-refractivity contribution in [3.63, 3.8) is 0 Å². The summed E-state index contributed by atoms with van der Waals surface area (Å²) in [6, 6.07) is 6.57. The maximum Gasteiger partial charge on any atom is 0.0969 e. The third-order valence-corrected chi connectivity index (χ3v) is 3.13. The molecule has 96 valence electrons. The lowest BCUT2D eigenvalue weighted by molar-refractivity contribution is 0.580. The van der Waals surface area contributed by atoms with Crippen molar-refractivity contribution in [2.24, 2.45) is 0 Å². The van der Waals surface area contributed by atoms with Crippen LogP contribution in [0.4, 0.5) is 0 Å². The van der Waals surface area contributed by atoms with Gasteiger partial charge in [-0.2, -0.15) is 0 Å². The van der Waals surface area contributed by atoms with Gasteiger partial charge >= 0.3 is 0 Å². The van der Waals surface area contributed by atoms with Gasteiger partial charge in [-0.25, -0.2) is 4.68 Å². The lowest BCUT2D eigenvalue weighted by Gasteiger charge is -2.05. The van der Waals surface area contributed by atoms with Crippen LogP contribution in [0.2, 0.25) is 0 Å². The van der Waals surface area contributed by atoms with E-state index in [1.54, 1.807) is 0 Å². The van der Waals surface area contributed by atoms with Gasteiger partial charge in [0.1, 0.15) is 0 Å². The molecule has 2 rings (SSSR count). The van der Waals surface area contributed by atoms with E-state index in [-0.39, 0.29) is 0 Å². The largest absolute Gasteiger partial charge is 0.309 e. The van der Waals surface area contributed by atoms with Gasteiger partial charge in [-0.15, -0.1) is 5.10 Å². The molecular weight excluding hydrogens is 292 g/mol. The fraction of sp³-hybridized carbons (Fsp3) is 0.385. The number of nitrogens with one attached hydrogen (secondary N) is 1. The highest BCUT2D eigenvalue weighted by molar-refractivity contribution is 9.10. The van der Waals surface area contributed by atoms with Gasteiger partial charge < -0.3 is 5.32 Å². The topological polar surface area (TPSA) is 42.7 Å². The van der Waals surface area contributed by atoms with Crippen molar-refractivity contribution in [2.75, 3.05) is 0 Å². The standard InChI is InChI=1S/C13H17BrN4/c1-9(2)15-7-12-8-18(17-16-12)13-5-4-11(14)6-10(13)3/h4-6,8-9,15H,7H2,1-3H3. The zero-order chi connectivity index (χ0) is 13.1. The highest BCUT2D eigenvalue weighted by Gasteiger charge is 2.06. The molecule has 1 aromatic carbocycles. The molecule has 1 heterocycles. The maximum absolute atomic E-state index is 4.17. The summed E-state index contributed by atoms with van der Waals surface area (Å²) in [6.45, 7) is 7.04. The summed E-state index contributed by atoms with van der Waals surface area (Å²) in [4.78, 5) is 0. The average Bonchev–Trinajstić information content (AvgIpc) is 2.75. The molecule has 4 nitrogen and oxygen atoms in total. The Labute approximate surface area is 116 Å². The lowest BCUT2D eigenvalue weighted by Crippen LogP contribution is -2.21. The molecule has 5 heteroatoms. The van der Waals surface area contributed by atoms with E-state index in [1.807, 2.05) is 23.0 Å². The van der Waals surface area contributed by atoms with Crippen LogP contribution in [0.25, 0.3) is 5.69 Å². The molecule has 0 saturated carbocycles. The van der Waals surface area contributed by atoms with E-state index in [4.69, 9.17) is 0 Å². The predicted octanol–water partition coefficient (Wildman–Crippen LogP) is 2.84. The molecule has 0 bridgehead atoms. The van der Waals surface area contributed by atoms with Gasteiger partial charge in [0.25, 0.3) is 0 Å². The minimum absolute atomic E-state index is 0.449. The molecule has 0 radical (unpaired) electrons. The van der Waals surface area contributed by atoms with Crippen LogP contribution in [0.15, 0.2) is 28.9 Å². The minimum atomic E-state index is 0.449. The van der Waals surface area contributed by atoms with Gasteiger partial charge in [-0.05, 0) is 30.7 Å². The van der Waals surface area contributed by atoms with Gasteiger partial charge in [-0.1, -0.05) is 35.0 Å². The summed E-state index contributed by atoms with van der Waals surface area (Å²) < 4.78 is 2.89. The van der Waals surface area contributed by atoms with E-state index in [2.05, 4.69) is 58.4 Å². The van der Waals surface area contributed by atoms with Crippen molar-refractivity contribution in [3.05, 3.63) is 40.1 Å². The first kappa shape index (κ1) is 13.2. The number of benzene rings is 1. The molecule has 0 amide bonds. The van der Waals surface area contributed by atoms with E-state index < -0.39 is 0 Å². The van der Waals surface area contributed by atoms with Crippen LogP contribution in [0.5, 0.6) is 0 Å². The first-order valence-electron chi connectivity index (χ1n) is 5.97. The first-order chi connectivity index (χ1) is 8.56. The normalized spacial score (nSPS) is 11.2. The molecule has 0 aliphatic rings. The molecule has 0 atom stereocenters. The minimum Gasteiger partial charge on any atom is -0.309 e. The van der Waals surface area contributed by atoms with Crippen LogP contribution in [0.3, 0.4) is 0 Å². The van der Waals surface area contributed by atoms with Crippen LogP contribution in [-0.4, -0.2) is 21.0 Å². The highest BCUT2D eigenvalue weighted by Crippen LogP contribution is 2.18. The van der Waals surface area contributed by atoms with Gasteiger partial charge in [0.2, 0.25) is 0 Å². The molecule has 18 heavy (non-hydrogen) atoms. The fourth-order valence-electron chi connectivity index (χ4n) is 1.68. The van der Waals surface area contributed by atoms with Crippen molar-refractivity contribution in [2.45, 2.75) is 33.4 Å². The maximum atomic E-state index is 4.17. The summed E-state index contributed by atoms with van der Waals surface area (Å²) in [5.74, 6) is 0. The first-order valence-corrected chi connectivity index (χ1v) is 6.76. The SMILES string of the molecule is Cc1cc(Br)ccc1-n1cc(CNC(C)C)nn1. The van der Waals surface area contributed by atoms with Crippen molar-refractivity contribution in [1.82, 2.24) is 20.3 Å². The summed E-state index contributed by atoms with van der Waals surface area (Å²) in [5, 5.41) is 11.7. The Hall–Kier alpha value is -1.20. The van der Waals surface area contributed by atoms with Crippen LogP contribution < -0.4 is 5.32 Å². The molecule has 2 aromatic rings. The number of halogens is 1. The molecule has 1 aromatic heterocycles. The van der Waals surface area contributed by atoms with Crippen molar-refractivity contribution >= 4 is 15.9 Å². The van der Waals surface area contributed by atoms with Gasteiger partial charge in [0.15, 0.2) is 0 Å². The summed E-state index contributed by atoms with van der Waals surface area (Å²) >= 11 is 3.46. The Kier molecular flexibility index (Phi) is 4.14. The molecule has 0 aliphatic carbocycles. The van der Waals surface area contributed by atoms with Crippen LogP contribution >= 0.6 is 15.9 Å². The molecule has 0 spiro atoms. The Bertz CT molecular complexity index is 534. The molecule has 0 fully saturated rings. The van der Waals surface area contributed by atoms with E-state index in [0.717, 1.165) is 28.0 Å². The number of nitrogens with zero attached hydrogens (tertiary/aromatic N) is 3. The van der Waals surface area contributed by atoms with Crippen LogP contribution in [0.1, 0.15) is 25.1 Å². The zero-order valence-corrected chi connectivity index (χ0v) is 12.4. The van der Waals surface area contributed by atoms with Gasteiger partial charge in [0.05, 0.1) is 17.6 Å². The van der Waals surface area contributed by atoms with Crippen molar-refractivity contribution in [1.29, 1.82) is 0 Å². The Morgan fingerprint density at radius 3 is 2.83 bits per heavy atom. The number of hydrogen-bond donors (Lipinski definition) is 1. The fourth-order valence-corrected chi connectivity index (χ4v) is 2.16.